The Balaban J connectivity index is 2.18. The first-order valence-electron chi connectivity index (χ1n) is 7.59. The summed E-state index contributed by atoms with van der Waals surface area (Å²) in [5, 5.41) is 2.57. The second-order valence-corrected chi connectivity index (χ2v) is 5.52. The van der Waals surface area contributed by atoms with Gasteiger partial charge in [-0.25, -0.2) is 0 Å². The number of hydrogen-bond acceptors (Lipinski definition) is 4. The van der Waals surface area contributed by atoms with E-state index in [1.807, 2.05) is 19.1 Å². The topological polar surface area (TPSA) is 79.5 Å². The highest BCUT2D eigenvalue weighted by atomic mass is 32.1. The number of carbonyl (C=O) groups is 2. The van der Waals surface area contributed by atoms with Crippen molar-refractivity contribution in [3.63, 3.8) is 0 Å². The number of hydrazine groups is 1. The van der Waals surface area contributed by atoms with Crippen LogP contribution in [0.4, 0.5) is 0 Å². The number of aryl methyl sites for hydroxylation is 1. The lowest BCUT2D eigenvalue weighted by atomic mass is 10.2. The molecule has 0 spiro atoms. The van der Waals surface area contributed by atoms with Crippen molar-refractivity contribution in [3.05, 3.63) is 29.8 Å². The average molecular weight is 337 g/mol. The van der Waals surface area contributed by atoms with Crippen molar-refractivity contribution in [2.24, 2.45) is 0 Å². The molecular formula is C16H23N3O3S. The van der Waals surface area contributed by atoms with Crippen molar-refractivity contribution in [1.29, 1.82) is 0 Å². The molecule has 0 aliphatic carbocycles. The standard InChI is InChI=1S/C16H23N3O3S/c1-3-4-5-6-14(20)17-16(23)19-18-15(21)11-22-13-9-7-12(2)8-10-13/h7-10H,3-6,11H2,1-2H3,(H,18,21)(H2,17,19,20,23). The van der Waals surface area contributed by atoms with Gasteiger partial charge in [-0.15, -0.1) is 0 Å². The third-order valence-corrected chi connectivity index (χ3v) is 3.17. The van der Waals surface area contributed by atoms with E-state index in [-0.39, 0.29) is 17.6 Å². The number of amides is 2. The van der Waals surface area contributed by atoms with Crippen LogP contribution in [0.15, 0.2) is 24.3 Å². The van der Waals surface area contributed by atoms with Gasteiger partial charge in [0.2, 0.25) is 5.91 Å². The Labute approximate surface area is 141 Å². The Kier molecular flexibility index (Phi) is 8.67. The van der Waals surface area contributed by atoms with Gasteiger partial charge in [-0.1, -0.05) is 37.5 Å². The molecule has 0 aromatic heterocycles. The van der Waals surface area contributed by atoms with Crippen LogP contribution >= 0.6 is 12.2 Å². The van der Waals surface area contributed by atoms with E-state index in [4.69, 9.17) is 17.0 Å². The smallest absolute Gasteiger partial charge is 0.276 e. The molecule has 1 aromatic rings. The van der Waals surface area contributed by atoms with E-state index in [0.29, 0.717) is 12.2 Å². The molecule has 0 fully saturated rings. The van der Waals surface area contributed by atoms with Crippen LogP contribution in [0.25, 0.3) is 0 Å². The van der Waals surface area contributed by atoms with E-state index >= 15 is 0 Å². The lowest BCUT2D eigenvalue weighted by molar-refractivity contribution is -0.124. The van der Waals surface area contributed by atoms with Crippen LogP contribution in [0.5, 0.6) is 5.75 Å². The van der Waals surface area contributed by atoms with Crippen molar-refractivity contribution in [2.45, 2.75) is 39.5 Å². The van der Waals surface area contributed by atoms with Crippen LogP contribution in [0.3, 0.4) is 0 Å². The maximum atomic E-state index is 11.6. The molecule has 0 aliphatic rings. The van der Waals surface area contributed by atoms with Crippen molar-refractivity contribution < 1.29 is 14.3 Å². The molecule has 0 saturated heterocycles. The van der Waals surface area contributed by atoms with Gasteiger partial charge in [0.1, 0.15) is 5.75 Å². The summed E-state index contributed by atoms with van der Waals surface area (Å²) in [5.74, 6) is 0.0480. The molecule has 0 bridgehead atoms. The van der Waals surface area contributed by atoms with Gasteiger partial charge in [-0.05, 0) is 37.7 Å². The molecule has 0 aliphatic heterocycles. The lowest BCUT2D eigenvalue weighted by Crippen LogP contribution is -2.49. The molecule has 2 amide bonds. The third kappa shape index (κ3) is 8.77. The zero-order chi connectivity index (χ0) is 17.1. The van der Waals surface area contributed by atoms with Gasteiger partial charge in [0.05, 0.1) is 0 Å². The van der Waals surface area contributed by atoms with Crippen molar-refractivity contribution >= 4 is 29.1 Å². The number of unbranched alkanes of at least 4 members (excludes halogenated alkanes) is 2. The van der Waals surface area contributed by atoms with Crippen LogP contribution in [0.2, 0.25) is 0 Å². The molecular weight excluding hydrogens is 314 g/mol. The summed E-state index contributed by atoms with van der Waals surface area (Å²) in [5.41, 5.74) is 5.95. The molecule has 7 heteroatoms. The summed E-state index contributed by atoms with van der Waals surface area (Å²) in [6.45, 7) is 3.89. The normalized spacial score (nSPS) is 9.83. The van der Waals surface area contributed by atoms with Crippen LogP contribution in [0.1, 0.15) is 38.2 Å². The van der Waals surface area contributed by atoms with Crippen molar-refractivity contribution in [2.75, 3.05) is 6.61 Å². The van der Waals surface area contributed by atoms with Gasteiger partial charge < -0.3 is 10.1 Å². The molecule has 1 aromatic carbocycles. The first-order chi connectivity index (χ1) is 11.0. The zero-order valence-electron chi connectivity index (χ0n) is 13.5. The van der Waals surface area contributed by atoms with E-state index in [1.54, 1.807) is 12.1 Å². The van der Waals surface area contributed by atoms with Crippen LogP contribution in [-0.4, -0.2) is 23.5 Å². The Hall–Kier alpha value is -2.15. The number of ether oxygens (including phenoxy) is 1. The SMILES string of the molecule is CCCCCC(=O)NC(=S)NNC(=O)COc1ccc(C)cc1. The molecule has 0 atom stereocenters. The lowest BCUT2D eigenvalue weighted by Gasteiger charge is -2.11. The minimum absolute atomic E-state index is 0.0650. The Morgan fingerprint density at radius 2 is 1.78 bits per heavy atom. The monoisotopic (exact) mass is 337 g/mol. The molecule has 0 unspecified atom stereocenters. The maximum absolute atomic E-state index is 11.6. The first-order valence-corrected chi connectivity index (χ1v) is 8.00. The third-order valence-electron chi connectivity index (χ3n) is 2.97. The minimum atomic E-state index is -0.395. The van der Waals surface area contributed by atoms with Gasteiger partial charge in [-0.2, -0.15) is 0 Å². The van der Waals surface area contributed by atoms with Gasteiger partial charge in [0, 0.05) is 6.42 Å². The highest BCUT2D eigenvalue weighted by molar-refractivity contribution is 7.80. The number of nitrogens with one attached hydrogen (secondary N) is 3. The van der Waals surface area contributed by atoms with E-state index in [9.17, 15) is 9.59 Å². The summed E-state index contributed by atoms with van der Waals surface area (Å²) in [6.07, 6.45) is 3.29. The maximum Gasteiger partial charge on any atom is 0.276 e. The van der Waals surface area contributed by atoms with Crippen molar-refractivity contribution in [1.82, 2.24) is 16.2 Å². The van der Waals surface area contributed by atoms with Crippen LogP contribution in [-0.2, 0) is 9.59 Å². The average Bonchev–Trinajstić information content (AvgIpc) is 2.52. The molecule has 3 N–H and O–H groups in total. The largest absolute Gasteiger partial charge is 0.484 e. The molecule has 1 rings (SSSR count). The van der Waals surface area contributed by atoms with Crippen LogP contribution < -0.4 is 20.9 Å². The molecule has 23 heavy (non-hydrogen) atoms. The summed E-state index contributed by atoms with van der Waals surface area (Å²) < 4.78 is 5.32. The molecule has 0 radical (unpaired) electrons. The Bertz CT molecular complexity index is 532. The Morgan fingerprint density at radius 3 is 2.43 bits per heavy atom. The summed E-state index contributed by atoms with van der Waals surface area (Å²) >= 11 is 4.92. The number of benzene rings is 1. The fraction of sp³-hybridized carbons (Fsp3) is 0.438. The van der Waals surface area contributed by atoms with Gasteiger partial charge >= 0.3 is 0 Å². The number of rotatable bonds is 7. The molecule has 126 valence electrons. The molecule has 0 heterocycles. The number of thiocarbonyl (C=S) groups is 1. The van der Waals surface area contributed by atoms with Gasteiger partial charge in [0.15, 0.2) is 11.7 Å². The van der Waals surface area contributed by atoms with E-state index in [0.717, 1.165) is 24.8 Å². The highest BCUT2D eigenvalue weighted by Crippen LogP contribution is 2.10. The second kappa shape index (κ2) is 10.6. The quantitative estimate of drug-likeness (QED) is 0.403. The highest BCUT2D eigenvalue weighted by Gasteiger charge is 2.06. The number of carbonyl (C=O) groups excluding carboxylic acids is 2. The van der Waals surface area contributed by atoms with Crippen LogP contribution in [0, 0.1) is 6.92 Å². The van der Waals surface area contributed by atoms with Gasteiger partial charge in [-0.3, -0.25) is 20.4 Å². The predicted molar refractivity (Wildman–Crippen MR) is 92.8 cm³/mol. The Morgan fingerprint density at radius 1 is 1.09 bits per heavy atom. The predicted octanol–water partition coefficient (Wildman–Crippen LogP) is 1.98. The number of hydrogen-bond donors (Lipinski definition) is 3. The summed E-state index contributed by atoms with van der Waals surface area (Å²) in [6, 6.07) is 7.37. The zero-order valence-corrected chi connectivity index (χ0v) is 14.3. The fourth-order valence-corrected chi connectivity index (χ4v) is 1.87. The first kappa shape index (κ1) is 18.9. The van der Waals surface area contributed by atoms with E-state index in [1.165, 1.54) is 0 Å². The second-order valence-electron chi connectivity index (χ2n) is 5.11. The molecule has 0 saturated carbocycles. The summed E-state index contributed by atoms with van der Waals surface area (Å²) in [4.78, 5) is 23.1. The molecule has 6 nitrogen and oxygen atoms in total. The summed E-state index contributed by atoms with van der Waals surface area (Å²) in [7, 11) is 0. The fourth-order valence-electron chi connectivity index (χ4n) is 1.70. The van der Waals surface area contributed by atoms with E-state index < -0.39 is 5.91 Å². The van der Waals surface area contributed by atoms with Crippen molar-refractivity contribution in [3.8, 4) is 5.75 Å². The minimum Gasteiger partial charge on any atom is -0.484 e. The van der Waals surface area contributed by atoms with E-state index in [2.05, 4.69) is 23.1 Å². The van der Waals surface area contributed by atoms with Gasteiger partial charge in [0.25, 0.3) is 5.91 Å².